The molecule has 2 nitrogen and oxygen atoms in total. The Morgan fingerprint density at radius 1 is 1.05 bits per heavy atom. The van der Waals surface area contributed by atoms with Gasteiger partial charge < -0.3 is 5.32 Å². The number of carbonyl (C=O) groups excluding carboxylic acids is 1. The first-order chi connectivity index (χ1) is 10.5. The second-order valence-corrected chi connectivity index (χ2v) is 7.21. The van der Waals surface area contributed by atoms with E-state index in [-0.39, 0.29) is 11.2 Å². The van der Waals surface area contributed by atoms with E-state index in [0.717, 1.165) is 16.1 Å². The number of hydrogen-bond acceptors (Lipinski definition) is 2. The zero-order valence-electron chi connectivity index (χ0n) is 13.0. The number of para-hydroxylation sites is 1. The molecule has 0 aliphatic carbocycles. The summed E-state index contributed by atoms with van der Waals surface area (Å²) >= 11 is 7.62. The lowest BCUT2D eigenvalue weighted by Gasteiger charge is -2.16. The van der Waals surface area contributed by atoms with E-state index in [0.29, 0.717) is 10.9 Å². The summed E-state index contributed by atoms with van der Waals surface area (Å²) in [5.41, 5.74) is 2.03. The van der Waals surface area contributed by atoms with Crippen molar-refractivity contribution in [1.82, 2.24) is 0 Å². The fourth-order valence-electron chi connectivity index (χ4n) is 2.13. The number of carbonyl (C=O) groups is 1. The lowest BCUT2D eigenvalue weighted by atomic mass is 10.0. The van der Waals surface area contributed by atoms with Crippen molar-refractivity contribution in [1.29, 1.82) is 0 Å². The van der Waals surface area contributed by atoms with E-state index in [1.807, 2.05) is 55.5 Å². The zero-order valence-corrected chi connectivity index (χ0v) is 14.5. The number of anilines is 1. The van der Waals surface area contributed by atoms with Crippen LogP contribution in [0.2, 0.25) is 5.02 Å². The third-order valence-corrected chi connectivity index (χ3v) is 4.97. The Kier molecular flexibility index (Phi) is 5.92. The van der Waals surface area contributed by atoms with E-state index in [2.05, 4.69) is 19.2 Å². The molecule has 0 bridgehead atoms. The highest BCUT2D eigenvalue weighted by atomic mass is 35.5. The van der Waals surface area contributed by atoms with E-state index in [9.17, 15) is 4.79 Å². The van der Waals surface area contributed by atoms with E-state index >= 15 is 0 Å². The molecule has 4 heteroatoms. The normalized spacial score (nSPS) is 12.2. The fraction of sp³-hybridized carbons (Fsp3) is 0.278. The molecule has 22 heavy (non-hydrogen) atoms. The van der Waals surface area contributed by atoms with Gasteiger partial charge >= 0.3 is 0 Å². The predicted octanol–water partition coefficient (Wildman–Crippen LogP) is 5.58. The average Bonchev–Trinajstić information content (AvgIpc) is 2.49. The molecule has 1 N–H and O–H groups in total. The second-order valence-electron chi connectivity index (χ2n) is 5.42. The smallest absolute Gasteiger partial charge is 0.237 e. The van der Waals surface area contributed by atoms with Gasteiger partial charge in [0.05, 0.1) is 10.3 Å². The molecular formula is C18H20ClNOS. The molecule has 2 rings (SSSR count). The Bertz CT molecular complexity index is 657. The lowest BCUT2D eigenvalue weighted by molar-refractivity contribution is -0.115. The first-order valence-corrected chi connectivity index (χ1v) is 8.55. The number of halogens is 1. The summed E-state index contributed by atoms with van der Waals surface area (Å²) in [5.74, 6) is 0.348. The maximum atomic E-state index is 12.4. The van der Waals surface area contributed by atoms with Gasteiger partial charge in [-0.3, -0.25) is 4.79 Å². The second kappa shape index (κ2) is 7.70. The topological polar surface area (TPSA) is 29.1 Å². The van der Waals surface area contributed by atoms with Crippen LogP contribution in [0.15, 0.2) is 53.4 Å². The lowest BCUT2D eigenvalue weighted by Crippen LogP contribution is -2.23. The molecule has 2 aromatic rings. The molecule has 2 aromatic carbocycles. The van der Waals surface area contributed by atoms with E-state index in [1.165, 1.54) is 11.8 Å². The van der Waals surface area contributed by atoms with Crippen LogP contribution in [0.1, 0.15) is 32.3 Å². The first-order valence-electron chi connectivity index (χ1n) is 7.30. The summed E-state index contributed by atoms with van der Waals surface area (Å²) in [6.45, 7) is 6.13. The van der Waals surface area contributed by atoms with Crippen LogP contribution in [0.4, 0.5) is 5.69 Å². The van der Waals surface area contributed by atoms with Gasteiger partial charge in [-0.15, -0.1) is 11.8 Å². The molecular weight excluding hydrogens is 314 g/mol. The molecule has 0 heterocycles. The van der Waals surface area contributed by atoms with Crippen molar-refractivity contribution < 1.29 is 4.79 Å². The number of hydrogen-bond donors (Lipinski definition) is 1. The summed E-state index contributed by atoms with van der Waals surface area (Å²) in [4.78, 5) is 13.3. The average molecular weight is 334 g/mol. The Hall–Kier alpha value is -1.45. The SMILES string of the molecule is CC(C)c1ccccc1NC(=O)[C@H](C)Sc1ccccc1Cl. The van der Waals surface area contributed by atoms with Crippen molar-refractivity contribution >= 4 is 35.0 Å². The summed E-state index contributed by atoms with van der Waals surface area (Å²) in [7, 11) is 0. The van der Waals surface area contributed by atoms with E-state index in [1.54, 1.807) is 0 Å². The minimum atomic E-state index is -0.222. The molecule has 0 radical (unpaired) electrons. The van der Waals surface area contributed by atoms with Gasteiger partial charge in [-0.05, 0) is 36.6 Å². The van der Waals surface area contributed by atoms with Crippen LogP contribution < -0.4 is 5.32 Å². The first kappa shape index (κ1) is 16.9. The quantitative estimate of drug-likeness (QED) is 0.723. The number of thioether (sulfide) groups is 1. The Morgan fingerprint density at radius 2 is 1.68 bits per heavy atom. The van der Waals surface area contributed by atoms with Gasteiger partial charge in [-0.25, -0.2) is 0 Å². The number of nitrogens with one attached hydrogen (secondary N) is 1. The summed E-state index contributed by atoms with van der Waals surface area (Å²) < 4.78 is 0. The predicted molar refractivity (Wildman–Crippen MR) is 95.9 cm³/mol. The van der Waals surface area contributed by atoms with Gasteiger partial charge in [0.25, 0.3) is 0 Å². The molecule has 0 spiro atoms. The van der Waals surface area contributed by atoms with Crippen LogP contribution in [0.5, 0.6) is 0 Å². The van der Waals surface area contributed by atoms with Gasteiger partial charge in [0.2, 0.25) is 5.91 Å². The molecule has 0 unspecified atom stereocenters. The fourth-order valence-corrected chi connectivity index (χ4v) is 3.29. The molecule has 0 saturated carbocycles. The van der Waals surface area contributed by atoms with Crippen LogP contribution in [0, 0.1) is 0 Å². The molecule has 0 aromatic heterocycles. The maximum absolute atomic E-state index is 12.4. The molecule has 1 atom stereocenters. The van der Waals surface area contributed by atoms with Crippen molar-refractivity contribution in [2.24, 2.45) is 0 Å². The van der Waals surface area contributed by atoms with Crippen molar-refractivity contribution in [2.45, 2.75) is 36.8 Å². The summed E-state index contributed by atoms with van der Waals surface area (Å²) in [6.07, 6.45) is 0. The van der Waals surface area contributed by atoms with Crippen molar-refractivity contribution in [3.8, 4) is 0 Å². The van der Waals surface area contributed by atoms with Crippen LogP contribution in [0.3, 0.4) is 0 Å². The minimum Gasteiger partial charge on any atom is -0.325 e. The van der Waals surface area contributed by atoms with Crippen LogP contribution in [-0.4, -0.2) is 11.2 Å². The van der Waals surface area contributed by atoms with Crippen molar-refractivity contribution in [2.75, 3.05) is 5.32 Å². The monoisotopic (exact) mass is 333 g/mol. The van der Waals surface area contributed by atoms with Gasteiger partial charge in [0.15, 0.2) is 0 Å². The van der Waals surface area contributed by atoms with Crippen LogP contribution >= 0.6 is 23.4 Å². The Morgan fingerprint density at radius 3 is 2.36 bits per heavy atom. The summed E-state index contributed by atoms with van der Waals surface area (Å²) in [5, 5.41) is 3.48. The van der Waals surface area contributed by atoms with Gasteiger partial charge in [-0.1, -0.05) is 55.8 Å². The molecule has 0 fully saturated rings. The molecule has 0 aliphatic heterocycles. The third kappa shape index (κ3) is 4.28. The molecule has 1 amide bonds. The maximum Gasteiger partial charge on any atom is 0.237 e. The van der Waals surface area contributed by atoms with Crippen LogP contribution in [0.25, 0.3) is 0 Å². The van der Waals surface area contributed by atoms with Crippen molar-refractivity contribution in [3.05, 3.63) is 59.1 Å². The van der Waals surface area contributed by atoms with Gasteiger partial charge in [0, 0.05) is 10.6 Å². The number of rotatable bonds is 5. The Labute approximate surface area is 141 Å². The number of amides is 1. The third-order valence-electron chi connectivity index (χ3n) is 3.35. The highest BCUT2D eigenvalue weighted by Crippen LogP contribution is 2.31. The standard InChI is InChI=1S/C18H20ClNOS/c1-12(2)14-8-4-6-10-16(14)20-18(21)13(3)22-17-11-7-5-9-15(17)19/h4-13H,1-3H3,(H,20,21)/t13-/m0/s1. The summed E-state index contributed by atoms with van der Waals surface area (Å²) in [6, 6.07) is 15.5. The largest absolute Gasteiger partial charge is 0.325 e. The highest BCUT2D eigenvalue weighted by Gasteiger charge is 2.17. The van der Waals surface area contributed by atoms with Gasteiger partial charge in [-0.2, -0.15) is 0 Å². The van der Waals surface area contributed by atoms with E-state index < -0.39 is 0 Å². The molecule has 0 saturated heterocycles. The zero-order chi connectivity index (χ0) is 16.1. The minimum absolute atomic E-state index is 0.0157. The molecule has 116 valence electrons. The highest BCUT2D eigenvalue weighted by molar-refractivity contribution is 8.00. The van der Waals surface area contributed by atoms with Crippen LogP contribution in [-0.2, 0) is 4.79 Å². The van der Waals surface area contributed by atoms with E-state index in [4.69, 9.17) is 11.6 Å². The molecule has 0 aliphatic rings. The van der Waals surface area contributed by atoms with Gasteiger partial charge in [0.1, 0.15) is 0 Å². The Balaban J connectivity index is 2.08. The number of benzene rings is 2. The van der Waals surface area contributed by atoms with Crippen molar-refractivity contribution in [3.63, 3.8) is 0 Å².